The third-order valence-electron chi connectivity index (χ3n) is 2.27. The topological polar surface area (TPSA) is 40.5 Å². The van der Waals surface area contributed by atoms with Crippen molar-refractivity contribution in [1.82, 2.24) is 4.81 Å². The quantitative estimate of drug-likeness (QED) is 0.392. The summed E-state index contributed by atoms with van der Waals surface area (Å²) in [6, 6.07) is -0.265. The molecule has 0 aromatic heterocycles. The van der Waals surface area contributed by atoms with Gasteiger partial charge in [-0.1, -0.05) is 19.1 Å². The highest BCUT2D eigenvalue weighted by atomic mass is 16.2. The van der Waals surface area contributed by atoms with E-state index in [1.165, 1.54) is 0 Å². The van der Waals surface area contributed by atoms with Gasteiger partial charge in [0, 0.05) is 6.54 Å². The molecule has 0 rings (SSSR count). The molecule has 15 heavy (non-hydrogen) atoms. The number of carbonyl (C=O) groups is 1. The zero-order valence-electron chi connectivity index (χ0n) is 9.81. The van der Waals surface area contributed by atoms with E-state index in [0.29, 0.717) is 13.0 Å². The lowest BCUT2D eigenvalue weighted by Crippen LogP contribution is -2.48. The van der Waals surface area contributed by atoms with E-state index < -0.39 is 7.05 Å². The molecule has 0 unspecified atom stereocenters. The summed E-state index contributed by atoms with van der Waals surface area (Å²) in [4.78, 5) is 13.5. The van der Waals surface area contributed by atoms with Gasteiger partial charge in [-0.05, 0) is 26.2 Å². The van der Waals surface area contributed by atoms with Gasteiger partial charge in [-0.2, -0.15) is 0 Å². The Kier molecular flexibility index (Phi) is 7.00. The van der Waals surface area contributed by atoms with Crippen LogP contribution in [0.1, 0.15) is 20.3 Å². The van der Waals surface area contributed by atoms with E-state index in [2.05, 4.69) is 6.58 Å². The Bertz CT molecular complexity index is 239. The van der Waals surface area contributed by atoms with Crippen LogP contribution in [-0.2, 0) is 4.79 Å². The van der Waals surface area contributed by atoms with Crippen LogP contribution in [0.3, 0.4) is 0 Å². The number of ketones is 1. The van der Waals surface area contributed by atoms with Crippen LogP contribution in [0.15, 0.2) is 24.8 Å². The van der Waals surface area contributed by atoms with Crippen molar-refractivity contribution < 1.29 is 9.82 Å². The molecule has 1 N–H and O–H groups in total. The van der Waals surface area contributed by atoms with Crippen LogP contribution in [0.25, 0.3) is 0 Å². The maximum absolute atomic E-state index is 11.7. The molecule has 0 aliphatic heterocycles. The molecule has 84 valence electrons. The first kappa shape index (κ1) is 14.1. The van der Waals surface area contributed by atoms with Gasteiger partial charge in [0.1, 0.15) is 0 Å². The van der Waals surface area contributed by atoms with E-state index in [4.69, 9.17) is 0 Å². The predicted molar refractivity (Wildman–Crippen MR) is 64.6 cm³/mol. The van der Waals surface area contributed by atoms with Gasteiger partial charge >= 0.3 is 7.05 Å². The summed E-state index contributed by atoms with van der Waals surface area (Å²) in [5.41, 5.74) is 0. The molecule has 0 aromatic rings. The van der Waals surface area contributed by atoms with Crippen molar-refractivity contribution in [2.24, 2.45) is 0 Å². The lowest BCUT2D eigenvalue weighted by molar-refractivity contribution is -0.118. The Balaban J connectivity index is 4.71. The van der Waals surface area contributed by atoms with Gasteiger partial charge in [0.05, 0.1) is 6.04 Å². The van der Waals surface area contributed by atoms with Crippen LogP contribution < -0.4 is 0 Å². The molecule has 0 bridgehead atoms. The largest absolute Gasteiger partial charge is 0.437 e. The maximum atomic E-state index is 11.7. The van der Waals surface area contributed by atoms with Crippen LogP contribution in [0, 0.1) is 0 Å². The first-order valence-corrected chi connectivity index (χ1v) is 5.29. The molecule has 0 amide bonds. The second-order valence-electron chi connectivity index (χ2n) is 3.44. The summed E-state index contributed by atoms with van der Waals surface area (Å²) < 4.78 is 0. The monoisotopic (exact) mass is 209 g/mol. The second-order valence-corrected chi connectivity index (χ2v) is 3.44. The molecule has 0 heterocycles. The molecule has 0 radical (unpaired) electrons. The third-order valence-corrected chi connectivity index (χ3v) is 2.27. The first-order chi connectivity index (χ1) is 7.08. The maximum Gasteiger partial charge on any atom is 0.377 e. The van der Waals surface area contributed by atoms with Crippen LogP contribution in [0.5, 0.6) is 0 Å². The lowest BCUT2D eigenvalue weighted by atomic mass is 9.81. The number of allylic oxidation sites excluding steroid dienone is 1. The van der Waals surface area contributed by atoms with Gasteiger partial charge in [-0.3, -0.25) is 4.79 Å². The molecule has 1 atom stereocenters. The fourth-order valence-corrected chi connectivity index (χ4v) is 1.56. The summed E-state index contributed by atoms with van der Waals surface area (Å²) >= 11 is 0. The molecular weight excluding hydrogens is 189 g/mol. The molecule has 0 aliphatic carbocycles. The molecule has 0 spiro atoms. The Labute approximate surface area is 92.6 Å². The minimum Gasteiger partial charge on any atom is -0.437 e. The second kappa shape index (κ2) is 7.43. The normalized spacial score (nSPS) is 13.1. The van der Waals surface area contributed by atoms with Crippen molar-refractivity contribution in [3.8, 4) is 0 Å². The Morgan fingerprint density at radius 2 is 2.27 bits per heavy atom. The van der Waals surface area contributed by atoms with Gasteiger partial charge in [0.2, 0.25) is 0 Å². The molecule has 0 aromatic carbocycles. The molecule has 0 fully saturated rings. The summed E-state index contributed by atoms with van der Waals surface area (Å²) in [5.74, 6) is 0.0303. The average Bonchev–Trinajstić information content (AvgIpc) is 2.18. The molecule has 3 nitrogen and oxygen atoms in total. The number of hydrogen-bond donors (Lipinski definition) is 1. The Morgan fingerprint density at radius 1 is 1.67 bits per heavy atom. The van der Waals surface area contributed by atoms with Crippen LogP contribution in [0.4, 0.5) is 0 Å². The number of nitrogens with zero attached hydrogens (tertiary/aromatic N) is 1. The van der Waals surface area contributed by atoms with Gasteiger partial charge in [-0.25, -0.2) is 0 Å². The zero-order valence-corrected chi connectivity index (χ0v) is 9.81. The van der Waals surface area contributed by atoms with E-state index in [-0.39, 0.29) is 11.8 Å². The van der Waals surface area contributed by atoms with Gasteiger partial charge in [0.25, 0.3) is 0 Å². The van der Waals surface area contributed by atoms with Crippen LogP contribution in [0.2, 0.25) is 6.82 Å². The van der Waals surface area contributed by atoms with Crippen molar-refractivity contribution in [1.29, 1.82) is 0 Å². The smallest absolute Gasteiger partial charge is 0.377 e. The SMILES string of the molecule is C=CCN(B(C)O)[C@H](CC)C(=O)C=CC. The highest BCUT2D eigenvalue weighted by molar-refractivity contribution is 6.45. The minimum absolute atomic E-state index is 0.0303. The number of carbonyl (C=O) groups excluding carboxylic acids is 1. The molecule has 4 heteroatoms. The highest BCUT2D eigenvalue weighted by Gasteiger charge is 2.26. The summed E-state index contributed by atoms with van der Waals surface area (Å²) in [6.45, 7) is 9.54. The summed E-state index contributed by atoms with van der Waals surface area (Å²) in [6.07, 6.45) is 5.64. The van der Waals surface area contributed by atoms with Crippen LogP contribution in [-0.4, -0.2) is 35.3 Å². The fraction of sp³-hybridized carbons (Fsp3) is 0.545. The van der Waals surface area contributed by atoms with E-state index in [0.717, 1.165) is 0 Å². The molecule has 0 aliphatic rings. The summed E-state index contributed by atoms with van der Waals surface area (Å²) in [5, 5.41) is 9.56. The number of rotatable bonds is 7. The molecular formula is C11H20BNO2. The highest BCUT2D eigenvalue weighted by Crippen LogP contribution is 2.08. The van der Waals surface area contributed by atoms with Crippen molar-refractivity contribution in [3.63, 3.8) is 0 Å². The molecule has 0 saturated heterocycles. The standard InChI is InChI=1S/C11H20BNO2/c1-5-8-11(14)10(7-3)13(9-6-2)12(4)15/h5-6,8,10,15H,2,7,9H2,1,3-4H3/t10-/m1/s1. The zero-order chi connectivity index (χ0) is 11.8. The third kappa shape index (κ3) is 4.45. The van der Waals surface area contributed by atoms with Crippen LogP contribution >= 0.6 is 0 Å². The van der Waals surface area contributed by atoms with Gasteiger partial charge in [-0.15, -0.1) is 6.58 Å². The van der Waals surface area contributed by atoms with E-state index in [1.54, 1.807) is 29.9 Å². The average molecular weight is 209 g/mol. The Hall–Kier alpha value is -0.865. The molecule has 0 saturated carbocycles. The van der Waals surface area contributed by atoms with Gasteiger partial charge < -0.3 is 9.83 Å². The summed E-state index contributed by atoms with van der Waals surface area (Å²) in [7, 11) is -0.637. The Morgan fingerprint density at radius 3 is 2.60 bits per heavy atom. The van der Waals surface area contributed by atoms with Gasteiger partial charge in [0.15, 0.2) is 5.78 Å². The van der Waals surface area contributed by atoms with Crippen molar-refractivity contribution in [2.45, 2.75) is 33.1 Å². The van der Waals surface area contributed by atoms with Crippen molar-refractivity contribution >= 4 is 12.8 Å². The minimum atomic E-state index is -0.637. The van der Waals surface area contributed by atoms with E-state index >= 15 is 0 Å². The fourth-order valence-electron chi connectivity index (χ4n) is 1.56. The van der Waals surface area contributed by atoms with E-state index in [1.807, 2.05) is 13.8 Å². The van der Waals surface area contributed by atoms with Crippen molar-refractivity contribution in [2.75, 3.05) is 6.54 Å². The first-order valence-electron chi connectivity index (χ1n) is 5.29. The van der Waals surface area contributed by atoms with Crippen molar-refractivity contribution in [3.05, 3.63) is 24.8 Å². The predicted octanol–water partition coefficient (Wildman–Crippen LogP) is 1.51. The number of hydrogen-bond acceptors (Lipinski definition) is 3. The lowest BCUT2D eigenvalue weighted by Gasteiger charge is -2.29. The van der Waals surface area contributed by atoms with E-state index in [9.17, 15) is 9.82 Å².